The number of hydrogen-bond donors (Lipinski definition) is 0. The van der Waals surface area contributed by atoms with Crippen molar-refractivity contribution in [1.82, 2.24) is 0 Å². The van der Waals surface area contributed by atoms with Crippen LogP contribution < -0.4 is 4.74 Å². The molecule has 12 heteroatoms. The van der Waals surface area contributed by atoms with Crippen LogP contribution in [0.5, 0.6) is 5.75 Å². The summed E-state index contributed by atoms with van der Waals surface area (Å²) >= 11 is 0. The Morgan fingerprint density at radius 2 is 1.52 bits per heavy atom. The lowest BCUT2D eigenvalue weighted by atomic mass is 10.1. The fourth-order valence-corrected chi connectivity index (χ4v) is 2.48. The molecule has 0 aliphatic rings. The van der Waals surface area contributed by atoms with Crippen LogP contribution in [0, 0.1) is 0 Å². The normalized spacial score (nSPS) is 12.8. The molecule has 0 saturated heterocycles. The molecule has 0 bridgehead atoms. The Bertz CT molecular complexity index is 722. The lowest BCUT2D eigenvalue weighted by Crippen LogP contribution is -2.25. The highest BCUT2D eigenvalue weighted by Crippen LogP contribution is 2.24. The molecule has 0 fully saturated rings. The third-order valence-electron chi connectivity index (χ3n) is 3.30. The Hall–Kier alpha value is -1.89. The molecule has 0 aliphatic carbocycles. The van der Waals surface area contributed by atoms with Gasteiger partial charge < -0.3 is 18.9 Å². The van der Waals surface area contributed by atoms with Crippen molar-refractivity contribution in [2.24, 2.45) is 5.16 Å². The first kappa shape index (κ1) is 25.1. The maximum absolute atomic E-state index is 13.2. The predicted molar refractivity (Wildman–Crippen MR) is 98.6 cm³/mol. The van der Waals surface area contributed by atoms with Gasteiger partial charge in [-0.3, -0.25) is 4.28 Å². The third kappa shape index (κ3) is 10.5. The van der Waals surface area contributed by atoms with Gasteiger partial charge in [0.2, 0.25) is 0 Å². The molecule has 0 radical (unpaired) electrons. The van der Waals surface area contributed by atoms with Crippen LogP contribution >= 0.6 is 0 Å². The van der Waals surface area contributed by atoms with Gasteiger partial charge in [0.15, 0.2) is 5.71 Å². The lowest BCUT2D eigenvalue weighted by molar-refractivity contribution is -0.0597. The van der Waals surface area contributed by atoms with Gasteiger partial charge in [0.25, 0.3) is 0 Å². The van der Waals surface area contributed by atoms with E-state index in [1.165, 1.54) is 19.2 Å². The zero-order valence-electron chi connectivity index (χ0n) is 16.1. The fourth-order valence-electron chi connectivity index (χ4n) is 1.89. The van der Waals surface area contributed by atoms with Crippen LogP contribution in [0.3, 0.4) is 0 Å². The second-order valence-electron chi connectivity index (χ2n) is 5.42. The van der Waals surface area contributed by atoms with Crippen molar-refractivity contribution in [2.45, 2.75) is 13.1 Å². The molecule has 1 aromatic carbocycles. The summed E-state index contributed by atoms with van der Waals surface area (Å²) in [6.07, 6.45) is -4.92. The van der Waals surface area contributed by atoms with Crippen LogP contribution in [0.1, 0.15) is 12.5 Å². The van der Waals surface area contributed by atoms with E-state index in [2.05, 4.69) is 9.44 Å². The van der Waals surface area contributed by atoms with Gasteiger partial charge >= 0.3 is 16.3 Å². The average Bonchev–Trinajstić information content (AvgIpc) is 2.66. The van der Waals surface area contributed by atoms with Crippen molar-refractivity contribution in [2.75, 3.05) is 52.5 Å². The summed E-state index contributed by atoms with van der Waals surface area (Å²) in [7, 11) is -3.00. The monoisotopic (exact) mass is 443 g/mol. The van der Waals surface area contributed by atoms with Gasteiger partial charge in [-0.15, -0.1) is 0 Å². The van der Waals surface area contributed by atoms with Crippen LogP contribution in [-0.2, 0) is 28.6 Å². The molecule has 166 valence electrons. The van der Waals surface area contributed by atoms with Crippen molar-refractivity contribution >= 4 is 15.8 Å². The van der Waals surface area contributed by atoms with E-state index in [4.69, 9.17) is 18.9 Å². The molecule has 8 nitrogen and oxygen atoms in total. The number of hydrogen-bond acceptors (Lipinski definition) is 8. The minimum atomic E-state index is -4.92. The molecule has 0 aromatic heterocycles. The molecule has 0 atom stereocenters. The summed E-state index contributed by atoms with van der Waals surface area (Å²) in [5.74, 6) is -0.328. The average molecular weight is 443 g/mol. The van der Waals surface area contributed by atoms with Gasteiger partial charge in [-0.25, -0.2) is 0 Å². The van der Waals surface area contributed by atoms with Crippen molar-refractivity contribution in [3.05, 3.63) is 29.8 Å². The van der Waals surface area contributed by atoms with Crippen molar-refractivity contribution in [3.63, 3.8) is 0 Å². The van der Waals surface area contributed by atoms with Crippen LogP contribution in [0.15, 0.2) is 29.4 Å². The number of rotatable bonds is 14. The molecular formula is C17H24F3NO7S. The number of halogens is 3. The van der Waals surface area contributed by atoms with Crippen LogP contribution in [-0.4, -0.2) is 72.8 Å². The number of ether oxygens (including phenoxy) is 4. The topological polar surface area (TPSA) is 92.7 Å². The molecule has 0 spiro atoms. The van der Waals surface area contributed by atoms with Gasteiger partial charge in [0, 0.05) is 12.2 Å². The maximum atomic E-state index is 13.2. The zero-order valence-corrected chi connectivity index (χ0v) is 16.9. The van der Waals surface area contributed by atoms with E-state index in [9.17, 15) is 21.6 Å². The Morgan fingerprint density at radius 3 is 2.03 bits per heavy atom. The molecule has 0 N–H and O–H groups in total. The summed E-state index contributed by atoms with van der Waals surface area (Å²) in [5, 5.41) is 2.82. The summed E-state index contributed by atoms with van der Waals surface area (Å²) < 4.78 is 87.4. The first-order chi connectivity index (χ1) is 13.7. The number of nitrogens with zero attached hydrogens (tertiary/aromatic N) is 1. The summed E-state index contributed by atoms with van der Waals surface area (Å²) in [4.78, 5) is 0. The highest BCUT2D eigenvalue weighted by Gasteiger charge is 2.38. The summed E-state index contributed by atoms with van der Waals surface area (Å²) in [6.45, 7) is 3.30. The Kier molecular flexibility index (Phi) is 10.9. The molecule has 1 aromatic rings. The highest BCUT2D eigenvalue weighted by molar-refractivity contribution is 7.86. The van der Waals surface area contributed by atoms with Gasteiger partial charge in [0.1, 0.15) is 11.5 Å². The summed E-state index contributed by atoms with van der Waals surface area (Å²) in [5.41, 5.74) is -1.85. The fraction of sp³-hybridized carbons (Fsp3) is 0.588. The van der Waals surface area contributed by atoms with E-state index in [0.717, 1.165) is 12.1 Å². The summed E-state index contributed by atoms with van der Waals surface area (Å²) in [6, 6.07) is 4.76. The van der Waals surface area contributed by atoms with Gasteiger partial charge in [-0.1, -0.05) is 5.16 Å². The third-order valence-corrected chi connectivity index (χ3v) is 4.27. The van der Waals surface area contributed by atoms with E-state index >= 15 is 0 Å². The number of oxime groups is 1. The molecule has 0 heterocycles. The second kappa shape index (κ2) is 12.6. The van der Waals surface area contributed by atoms with Crippen molar-refractivity contribution in [1.29, 1.82) is 0 Å². The molecular weight excluding hydrogens is 419 g/mol. The van der Waals surface area contributed by atoms with Gasteiger partial charge in [-0.05, 0) is 31.2 Å². The van der Waals surface area contributed by atoms with E-state index in [1.54, 1.807) is 0 Å². The number of alkyl halides is 3. The van der Waals surface area contributed by atoms with Crippen LogP contribution in [0.2, 0.25) is 0 Å². The van der Waals surface area contributed by atoms with E-state index in [1.807, 2.05) is 6.92 Å². The highest BCUT2D eigenvalue weighted by atomic mass is 32.2. The lowest BCUT2D eigenvalue weighted by Gasteiger charge is -2.11. The molecule has 0 amide bonds. The standard InChI is InChI=1S/C17H24F3NO7S/c1-3-25-8-9-26-10-11-27-12-13-29(22,23)28-21-16(17(18,19)20)14-4-6-15(24-2)7-5-14/h4-7H,3,8-13H2,1-2H3. The Balaban J connectivity index is 2.53. The molecule has 1 rings (SSSR count). The van der Waals surface area contributed by atoms with Gasteiger partial charge in [-0.2, -0.15) is 21.6 Å². The minimum absolute atomic E-state index is 0.116. The quantitative estimate of drug-likeness (QED) is 0.248. The van der Waals surface area contributed by atoms with Crippen molar-refractivity contribution < 1.29 is 44.8 Å². The molecule has 0 saturated carbocycles. The molecule has 29 heavy (non-hydrogen) atoms. The molecule has 0 unspecified atom stereocenters. The van der Waals surface area contributed by atoms with Crippen LogP contribution in [0.25, 0.3) is 0 Å². The predicted octanol–water partition coefficient (Wildman–Crippen LogP) is 2.38. The Morgan fingerprint density at radius 1 is 0.966 bits per heavy atom. The zero-order chi connectivity index (χ0) is 21.8. The number of benzene rings is 1. The van der Waals surface area contributed by atoms with Gasteiger partial charge in [0.05, 0.1) is 40.1 Å². The first-order valence-corrected chi connectivity index (χ1v) is 10.2. The van der Waals surface area contributed by atoms with E-state index in [0.29, 0.717) is 25.6 Å². The Labute approximate surface area is 167 Å². The van der Waals surface area contributed by atoms with E-state index < -0.39 is 27.8 Å². The van der Waals surface area contributed by atoms with Crippen LogP contribution in [0.4, 0.5) is 13.2 Å². The SMILES string of the molecule is CCOCCOCCOCCS(=O)(=O)ON=C(c1ccc(OC)cc1)C(F)(F)F. The van der Waals surface area contributed by atoms with E-state index in [-0.39, 0.29) is 25.4 Å². The molecule has 0 aliphatic heterocycles. The number of methoxy groups -OCH3 is 1. The maximum Gasteiger partial charge on any atom is 0.437 e. The van der Waals surface area contributed by atoms with Crippen molar-refractivity contribution in [3.8, 4) is 5.75 Å². The first-order valence-electron chi connectivity index (χ1n) is 8.63. The smallest absolute Gasteiger partial charge is 0.437 e. The largest absolute Gasteiger partial charge is 0.497 e. The second-order valence-corrected chi connectivity index (χ2v) is 7.10. The minimum Gasteiger partial charge on any atom is -0.497 e.